The van der Waals surface area contributed by atoms with E-state index in [1.807, 2.05) is 27.7 Å². The first-order valence-corrected chi connectivity index (χ1v) is 4.53. The summed E-state index contributed by atoms with van der Waals surface area (Å²) >= 11 is 0. The van der Waals surface area contributed by atoms with Crippen molar-refractivity contribution in [3.8, 4) is 0 Å². The number of aromatic nitrogens is 2. The van der Waals surface area contributed by atoms with Gasteiger partial charge in [-0.3, -0.25) is 0 Å². The lowest BCUT2D eigenvalue weighted by Gasteiger charge is -2.23. The van der Waals surface area contributed by atoms with Crippen molar-refractivity contribution in [3.05, 3.63) is 11.7 Å². The van der Waals surface area contributed by atoms with Crippen LogP contribution in [0.25, 0.3) is 0 Å². The molecule has 13 heavy (non-hydrogen) atoms. The third-order valence-electron chi connectivity index (χ3n) is 2.00. The molecular weight excluding hydrogens is 166 g/mol. The van der Waals surface area contributed by atoms with Gasteiger partial charge in [0.25, 0.3) is 0 Å². The Bertz CT molecular complexity index is 275. The van der Waals surface area contributed by atoms with Crippen molar-refractivity contribution < 1.29 is 4.52 Å². The number of aryl methyl sites for hydroxylation is 1. The zero-order valence-corrected chi connectivity index (χ0v) is 8.66. The van der Waals surface area contributed by atoms with Crippen LogP contribution in [0.5, 0.6) is 0 Å². The smallest absolute Gasteiger partial charge is 0.244 e. The van der Waals surface area contributed by atoms with Crippen molar-refractivity contribution in [1.29, 1.82) is 0 Å². The Morgan fingerprint density at radius 1 is 1.46 bits per heavy atom. The van der Waals surface area contributed by atoms with E-state index < -0.39 is 0 Å². The van der Waals surface area contributed by atoms with Crippen molar-refractivity contribution in [2.45, 2.75) is 40.2 Å². The zero-order chi connectivity index (χ0) is 10.1. The molecule has 0 spiro atoms. The van der Waals surface area contributed by atoms with E-state index >= 15 is 0 Å². The molecule has 1 aromatic rings. The van der Waals surface area contributed by atoms with Crippen molar-refractivity contribution in [2.75, 3.05) is 0 Å². The van der Waals surface area contributed by atoms with Gasteiger partial charge in [-0.05, 0) is 5.41 Å². The molecule has 0 fully saturated rings. The van der Waals surface area contributed by atoms with Crippen molar-refractivity contribution in [3.63, 3.8) is 0 Å². The van der Waals surface area contributed by atoms with Gasteiger partial charge in [0.2, 0.25) is 5.89 Å². The van der Waals surface area contributed by atoms with Gasteiger partial charge >= 0.3 is 0 Å². The zero-order valence-electron chi connectivity index (χ0n) is 8.66. The van der Waals surface area contributed by atoms with E-state index in [2.05, 4.69) is 10.1 Å². The van der Waals surface area contributed by atoms with E-state index in [0.29, 0.717) is 5.89 Å². The quantitative estimate of drug-likeness (QED) is 0.757. The molecule has 1 aromatic heterocycles. The largest absolute Gasteiger partial charge is 0.338 e. The normalized spacial score (nSPS) is 14.5. The second-order valence-corrected chi connectivity index (χ2v) is 4.25. The fraction of sp³-hybridized carbons (Fsp3) is 0.778. The van der Waals surface area contributed by atoms with Gasteiger partial charge in [0, 0.05) is 6.42 Å². The van der Waals surface area contributed by atoms with Crippen molar-refractivity contribution in [1.82, 2.24) is 10.1 Å². The maximum absolute atomic E-state index is 5.94. The summed E-state index contributed by atoms with van der Waals surface area (Å²) in [6.45, 7) is 8.13. The van der Waals surface area contributed by atoms with Crippen LogP contribution in [0.2, 0.25) is 0 Å². The van der Waals surface area contributed by atoms with Crippen LogP contribution in [-0.2, 0) is 6.42 Å². The Morgan fingerprint density at radius 2 is 2.08 bits per heavy atom. The average Bonchev–Trinajstić information content (AvgIpc) is 2.48. The lowest BCUT2D eigenvalue weighted by molar-refractivity contribution is 0.252. The highest BCUT2D eigenvalue weighted by Crippen LogP contribution is 2.28. The van der Waals surface area contributed by atoms with Gasteiger partial charge in [-0.2, -0.15) is 4.98 Å². The minimum atomic E-state index is -0.194. The Labute approximate surface area is 78.5 Å². The molecule has 0 radical (unpaired) electrons. The lowest BCUT2D eigenvalue weighted by Crippen LogP contribution is -2.26. The summed E-state index contributed by atoms with van der Waals surface area (Å²) in [5.41, 5.74) is 5.90. The number of nitrogens with two attached hydrogens (primary N) is 1. The minimum Gasteiger partial charge on any atom is -0.338 e. The van der Waals surface area contributed by atoms with Gasteiger partial charge in [-0.25, -0.2) is 0 Å². The predicted molar refractivity (Wildman–Crippen MR) is 50.1 cm³/mol. The topological polar surface area (TPSA) is 64.9 Å². The highest BCUT2D eigenvalue weighted by molar-refractivity contribution is 4.96. The summed E-state index contributed by atoms with van der Waals surface area (Å²) in [5.74, 6) is 1.25. The van der Waals surface area contributed by atoms with Crippen LogP contribution in [-0.4, -0.2) is 10.1 Å². The maximum Gasteiger partial charge on any atom is 0.244 e. The Kier molecular flexibility index (Phi) is 2.71. The van der Waals surface area contributed by atoms with E-state index in [-0.39, 0.29) is 11.5 Å². The third kappa shape index (κ3) is 2.28. The van der Waals surface area contributed by atoms with E-state index in [0.717, 1.165) is 12.2 Å². The molecule has 0 aliphatic rings. The molecule has 0 bridgehead atoms. The molecule has 4 heteroatoms. The molecule has 0 aliphatic carbocycles. The Morgan fingerprint density at radius 3 is 2.46 bits per heavy atom. The van der Waals surface area contributed by atoms with Gasteiger partial charge < -0.3 is 10.3 Å². The van der Waals surface area contributed by atoms with Crippen LogP contribution in [0.15, 0.2) is 4.52 Å². The van der Waals surface area contributed by atoms with Crippen LogP contribution in [0.4, 0.5) is 0 Å². The summed E-state index contributed by atoms with van der Waals surface area (Å²) in [4.78, 5) is 4.19. The number of rotatable bonds is 2. The summed E-state index contributed by atoms with van der Waals surface area (Å²) in [5, 5.41) is 3.80. The van der Waals surface area contributed by atoms with E-state index in [9.17, 15) is 0 Å². The Balaban J connectivity index is 2.83. The maximum atomic E-state index is 5.94. The van der Waals surface area contributed by atoms with Crippen LogP contribution in [0.1, 0.15) is 45.5 Å². The first kappa shape index (κ1) is 10.2. The van der Waals surface area contributed by atoms with Crippen LogP contribution < -0.4 is 5.73 Å². The minimum absolute atomic E-state index is 0.0441. The van der Waals surface area contributed by atoms with E-state index in [4.69, 9.17) is 10.3 Å². The molecule has 0 saturated carbocycles. The van der Waals surface area contributed by atoms with Gasteiger partial charge in [-0.1, -0.05) is 32.9 Å². The third-order valence-corrected chi connectivity index (χ3v) is 2.00. The Hall–Kier alpha value is -0.900. The van der Waals surface area contributed by atoms with Gasteiger partial charge in [0.05, 0.1) is 6.04 Å². The monoisotopic (exact) mass is 183 g/mol. The summed E-state index contributed by atoms with van der Waals surface area (Å²) < 4.78 is 5.06. The molecule has 1 rings (SSSR count). The summed E-state index contributed by atoms with van der Waals surface area (Å²) in [6.07, 6.45) is 0.778. The van der Waals surface area contributed by atoms with Crippen LogP contribution >= 0.6 is 0 Å². The standard InChI is InChI=1S/C9H17N3O/c1-5-6-11-8(13-12-6)7(10)9(2,3)4/h7H,5,10H2,1-4H3. The molecule has 0 saturated heterocycles. The SMILES string of the molecule is CCc1noc(C(N)C(C)(C)C)n1. The fourth-order valence-electron chi connectivity index (χ4n) is 0.908. The van der Waals surface area contributed by atoms with Gasteiger partial charge in [0.15, 0.2) is 5.82 Å². The fourth-order valence-corrected chi connectivity index (χ4v) is 0.908. The molecule has 1 heterocycles. The van der Waals surface area contributed by atoms with Crippen molar-refractivity contribution in [2.24, 2.45) is 11.1 Å². The summed E-state index contributed by atoms with van der Waals surface area (Å²) in [6, 6.07) is -0.194. The molecule has 1 unspecified atom stereocenters. The second-order valence-electron chi connectivity index (χ2n) is 4.25. The molecular formula is C9H17N3O. The number of hydrogen-bond donors (Lipinski definition) is 1. The number of nitrogens with zero attached hydrogens (tertiary/aromatic N) is 2. The van der Waals surface area contributed by atoms with Gasteiger partial charge in [-0.15, -0.1) is 0 Å². The molecule has 4 nitrogen and oxygen atoms in total. The predicted octanol–water partition coefficient (Wildman–Crippen LogP) is 1.68. The summed E-state index contributed by atoms with van der Waals surface area (Å²) in [7, 11) is 0. The highest BCUT2D eigenvalue weighted by atomic mass is 16.5. The number of hydrogen-bond acceptors (Lipinski definition) is 4. The molecule has 0 aliphatic heterocycles. The highest BCUT2D eigenvalue weighted by Gasteiger charge is 2.27. The van der Waals surface area contributed by atoms with Crippen molar-refractivity contribution >= 4 is 0 Å². The molecule has 74 valence electrons. The second kappa shape index (κ2) is 3.46. The average molecular weight is 183 g/mol. The molecule has 1 atom stereocenters. The lowest BCUT2D eigenvalue weighted by atomic mass is 9.87. The van der Waals surface area contributed by atoms with Crippen LogP contribution in [0, 0.1) is 5.41 Å². The van der Waals surface area contributed by atoms with Gasteiger partial charge in [0.1, 0.15) is 0 Å². The molecule has 0 amide bonds. The first-order chi connectivity index (χ1) is 5.95. The molecule has 0 aromatic carbocycles. The first-order valence-electron chi connectivity index (χ1n) is 4.53. The van der Waals surface area contributed by atoms with E-state index in [1.54, 1.807) is 0 Å². The molecule has 2 N–H and O–H groups in total. The van der Waals surface area contributed by atoms with Crippen LogP contribution in [0.3, 0.4) is 0 Å². The van der Waals surface area contributed by atoms with E-state index in [1.165, 1.54) is 0 Å².